The number of nitrogens with zero attached hydrogens (tertiary/aromatic N) is 2. The molecule has 0 N–H and O–H groups in total. The molecule has 0 radical (unpaired) electrons. The molecule has 1 heterocycles. The summed E-state index contributed by atoms with van der Waals surface area (Å²) in [4.78, 5) is 14.7. The molecule has 1 aliphatic heterocycles. The van der Waals surface area contributed by atoms with E-state index in [0.29, 0.717) is 18.7 Å². The molecule has 2 aromatic carbocycles. The second kappa shape index (κ2) is 7.47. The monoisotopic (exact) mass is 374 g/mol. The zero-order valence-electron chi connectivity index (χ0n) is 14.9. The van der Waals surface area contributed by atoms with Crippen LogP contribution in [0.4, 0.5) is 0 Å². The Hall–Kier alpha value is -2.38. The summed E-state index contributed by atoms with van der Waals surface area (Å²) < 4.78 is 32.0. The van der Waals surface area contributed by atoms with Crippen molar-refractivity contribution < 1.29 is 17.9 Å². The van der Waals surface area contributed by atoms with Gasteiger partial charge in [-0.25, -0.2) is 8.42 Å². The number of amides is 1. The van der Waals surface area contributed by atoms with Crippen LogP contribution >= 0.6 is 0 Å². The van der Waals surface area contributed by atoms with Gasteiger partial charge in [0, 0.05) is 31.7 Å². The topological polar surface area (TPSA) is 66.9 Å². The van der Waals surface area contributed by atoms with Crippen LogP contribution in [0.2, 0.25) is 0 Å². The highest BCUT2D eigenvalue weighted by atomic mass is 32.2. The van der Waals surface area contributed by atoms with E-state index in [1.165, 1.54) is 4.31 Å². The predicted molar refractivity (Wildman–Crippen MR) is 98.8 cm³/mol. The molecule has 26 heavy (non-hydrogen) atoms. The van der Waals surface area contributed by atoms with Crippen molar-refractivity contribution in [2.75, 3.05) is 33.3 Å². The number of carbonyl (C=O) groups is 1. The second-order valence-electron chi connectivity index (χ2n) is 6.19. The first kappa shape index (κ1) is 18.4. The number of rotatable bonds is 4. The highest BCUT2D eigenvalue weighted by Crippen LogP contribution is 2.21. The number of aryl methyl sites for hydroxylation is 1. The molecular weight excluding hydrogens is 352 g/mol. The molecule has 0 unspecified atom stereocenters. The minimum atomic E-state index is -3.51. The third kappa shape index (κ3) is 3.59. The average molecular weight is 374 g/mol. The van der Waals surface area contributed by atoms with E-state index in [2.05, 4.69) is 0 Å². The lowest BCUT2D eigenvalue weighted by Gasteiger charge is -2.34. The Labute approximate surface area is 154 Å². The van der Waals surface area contributed by atoms with Gasteiger partial charge >= 0.3 is 0 Å². The van der Waals surface area contributed by atoms with Crippen LogP contribution < -0.4 is 4.74 Å². The van der Waals surface area contributed by atoms with E-state index in [-0.39, 0.29) is 23.9 Å². The minimum Gasteiger partial charge on any atom is -0.496 e. The van der Waals surface area contributed by atoms with E-state index < -0.39 is 10.0 Å². The number of methoxy groups -OCH3 is 1. The van der Waals surface area contributed by atoms with Gasteiger partial charge in [-0.1, -0.05) is 18.2 Å². The highest BCUT2D eigenvalue weighted by molar-refractivity contribution is 7.89. The van der Waals surface area contributed by atoms with Gasteiger partial charge in [0.15, 0.2) is 0 Å². The number of sulfonamides is 1. The summed E-state index contributed by atoms with van der Waals surface area (Å²) in [6, 6.07) is 13.7. The minimum absolute atomic E-state index is 0.0903. The van der Waals surface area contributed by atoms with Gasteiger partial charge in [0.05, 0.1) is 12.0 Å². The van der Waals surface area contributed by atoms with Crippen LogP contribution in [0.1, 0.15) is 15.9 Å². The van der Waals surface area contributed by atoms with Gasteiger partial charge in [-0.2, -0.15) is 4.31 Å². The molecule has 0 bridgehead atoms. The first-order valence-electron chi connectivity index (χ1n) is 8.42. The Morgan fingerprint density at radius 2 is 1.65 bits per heavy atom. The van der Waals surface area contributed by atoms with Crippen molar-refractivity contribution in [2.45, 2.75) is 11.8 Å². The largest absolute Gasteiger partial charge is 0.496 e. The quantitative estimate of drug-likeness (QED) is 0.822. The number of benzene rings is 2. The molecule has 0 aliphatic carbocycles. The SMILES string of the molecule is COc1ccc(C(=O)N2CCN(S(=O)(=O)c3ccccc3)CC2)cc1C. The normalized spacial score (nSPS) is 15.7. The molecule has 0 saturated carbocycles. The maximum absolute atomic E-state index is 12.7. The molecule has 1 amide bonds. The Morgan fingerprint density at radius 3 is 2.23 bits per heavy atom. The molecule has 1 saturated heterocycles. The summed E-state index contributed by atoms with van der Waals surface area (Å²) in [6.07, 6.45) is 0. The summed E-state index contributed by atoms with van der Waals surface area (Å²) in [5.74, 6) is 0.646. The Morgan fingerprint density at radius 1 is 1.00 bits per heavy atom. The first-order chi connectivity index (χ1) is 12.4. The number of hydrogen-bond acceptors (Lipinski definition) is 4. The summed E-state index contributed by atoms with van der Waals surface area (Å²) in [7, 11) is -1.92. The van der Waals surface area contributed by atoms with Gasteiger partial charge in [-0.05, 0) is 42.8 Å². The van der Waals surface area contributed by atoms with Crippen molar-refractivity contribution in [3.63, 3.8) is 0 Å². The Balaban J connectivity index is 1.68. The second-order valence-corrected chi connectivity index (χ2v) is 8.13. The van der Waals surface area contributed by atoms with Gasteiger partial charge < -0.3 is 9.64 Å². The molecule has 7 heteroatoms. The van der Waals surface area contributed by atoms with Gasteiger partial charge in [-0.15, -0.1) is 0 Å². The van der Waals surface area contributed by atoms with Crippen molar-refractivity contribution in [1.82, 2.24) is 9.21 Å². The molecule has 6 nitrogen and oxygen atoms in total. The average Bonchev–Trinajstić information content (AvgIpc) is 2.68. The van der Waals surface area contributed by atoms with Crippen molar-refractivity contribution in [1.29, 1.82) is 0 Å². The third-order valence-electron chi connectivity index (χ3n) is 4.55. The molecule has 0 spiro atoms. The molecular formula is C19H22N2O4S. The van der Waals surface area contributed by atoms with Gasteiger partial charge in [0.25, 0.3) is 5.91 Å². The smallest absolute Gasteiger partial charge is 0.253 e. The summed E-state index contributed by atoms with van der Waals surface area (Å²) in [5, 5.41) is 0. The third-order valence-corrected chi connectivity index (χ3v) is 6.46. The highest BCUT2D eigenvalue weighted by Gasteiger charge is 2.30. The number of piperazine rings is 1. The fraction of sp³-hybridized carbons (Fsp3) is 0.316. The van der Waals surface area contributed by atoms with Crippen LogP contribution in [-0.4, -0.2) is 56.8 Å². The van der Waals surface area contributed by atoms with Gasteiger partial charge in [-0.3, -0.25) is 4.79 Å². The van der Waals surface area contributed by atoms with Crippen molar-refractivity contribution >= 4 is 15.9 Å². The fourth-order valence-electron chi connectivity index (χ4n) is 3.07. The van der Waals surface area contributed by atoms with E-state index in [4.69, 9.17) is 4.74 Å². The molecule has 1 aliphatic rings. The van der Waals surface area contributed by atoms with E-state index in [0.717, 1.165) is 11.3 Å². The number of carbonyl (C=O) groups excluding carboxylic acids is 1. The van der Waals surface area contributed by atoms with Crippen LogP contribution in [0.3, 0.4) is 0 Å². The fourth-order valence-corrected chi connectivity index (χ4v) is 4.51. The lowest BCUT2D eigenvalue weighted by molar-refractivity contribution is 0.0698. The molecule has 1 fully saturated rings. The lowest BCUT2D eigenvalue weighted by atomic mass is 10.1. The van der Waals surface area contributed by atoms with Crippen LogP contribution in [-0.2, 0) is 10.0 Å². The number of hydrogen-bond donors (Lipinski definition) is 0. The predicted octanol–water partition coefficient (Wildman–Crippen LogP) is 2.15. The zero-order chi connectivity index (χ0) is 18.7. The maximum Gasteiger partial charge on any atom is 0.253 e. The van der Waals surface area contributed by atoms with Crippen molar-refractivity contribution in [2.24, 2.45) is 0 Å². The summed E-state index contributed by atoms with van der Waals surface area (Å²) in [5.41, 5.74) is 1.48. The van der Waals surface area contributed by atoms with Crippen molar-refractivity contribution in [3.8, 4) is 5.75 Å². The Kier molecular flexibility index (Phi) is 5.29. The van der Waals surface area contributed by atoms with Crippen LogP contribution in [0.25, 0.3) is 0 Å². The lowest BCUT2D eigenvalue weighted by Crippen LogP contribution is -2.50. The number of ether oxygens (including phenoxy) is 1. The first-order valence-corrected chi connectivity index (χ1v) is 9.86. The zero-order valence-corrected chi connectivity index (χ0v) is 15.7. The van der Waals surface area contributed by atoms with E-state index in [1.54, 1.807) is 60.5 Å². The Bertz CT molecular complexity index is 889. The van der Waals surface area contributed by atoms with Gasteiger partial charge in [0.1, 0.15) is 5.75 Å². The molecule has 2 aromatic rings. The molecule has 0 atom stereocenters. The van der Waals surface area contributed by atoms with Crippen LogP contribution in [0.5, 0.6) is 5.75 Å². The van der Waals surface area contributed by atoms with E-state index >= 15 is 0 Å². The maximum atomic E-state index is 12.7. The van der Waals surface area contributed by atoms with Gasteiger partial charge in [0.2, 0.25) is 10.0 Å². The molecule has 0 aromatic heterocycles. The molecule has 138 valence electrons. The van der Waals surface area contributed by atoms with Crippen LogP contribution in [0, 0.1) is 6.92 Å². The molecule has 3 rings (SSSR count). The van der Waals surface area contributed by atoms with Crippen LogP contribution in [0.15, 0.2) is 53.4 Å². The summed E-state index contributed by atoms with van der Waals surface area (Å²) in [6.45, 7) is 3.21. The van der Waals surface area contributed by atoms with E-state index in [9.17, 15) is 13.2 Å². The summed E-state index contributed by atoms with van der Waals surface area (Å²) >= 11 is 0. The van der Waals surface area contributed by atoms with E-state index in [1.807, 2.05) is 6.92 Å². The van der Waals surface area contributed by atoms with Crippen molar-refractivity contribution in [3.05, 3.63) is 59.7 Å². The standard InChI is InChI=1S/C19H22N2O4S/c1-15-14-16(8-9-18(15)25-2)19(22)20-10-12-21(13-11-20)26(23,24)17-6-4-3-5-7-17/h3-9,14H,10-13H2,1-2H3.